The first-order valence-corrected chi connectivity index (χ1v) is 9.17. The molecule has 0 atom stereocenters. The normalized spacial score (nSPS) is 16.7. The van der Waals surface area contributed by atoms with Crippen molar-refractivity contribution in [2.45, 2.75) is 19.9 Å². The van der Waals surface area contributed by atoms with Crippen LogP contribution in [0, 0.1) is 0 Å². The molecule has 0 aliphatic carbocycles. The number of benzene rings is 1. The van der Waals surface area contributed by atoms with E-state index < -0.39 is 0 Å². The minimum Gasteiger partial charge on any atom is -0.457 e. The summed E-state index contributed by atoms with van der Waals surface area (Å²) in [6.45, 7) is 3.86. The van der Waals surface area contributed by atoms with Crippen LogP contribution in [0.15, 0.2) is 39.7 Å². The van der Waals surface area contributed by atoms with Gasteiger partial charge in [-0.15, -0.1) is 0 Å². The molecule has 0 unspecified atom stereocenters. The van der Waals surface area contributed by atoms with E-state index in [-0.39, 0.29) is 11.9 Å². The molecule has 3 nitrogen and oxygen atoms in total. The summed E-state index contributed by atoms with van der Waals surface area (Å²) in [4.78, 5) is 14.6. The van der Waals surface area contributed by atoms with Crippen LogP contribution in [0.5, 0.6) is 0 Å². The van der Waals surface area contributed by atoms with Gasteiger partial charge < -0.3 is 4.42 Å². The number of hydrogen-bond donors (Lipinski definition) is 0. The van der Waals surface area contributed by atoms with Gasteiger partial charge in [0.2, 0.25) is 0 Å². The highest BCUT2D eigenvalue weighted by Gasteiger charge is 2.33. The Balaban J connectivity index is 1.91. The molecule has 1 saturated heterocycles. The van der Waals surface area contributed by atoms with Gasteiger partial charge in [-0.3, -0.25) is 9.69 Å². The molecule has 1 aromatic heterocycles. The Kier molecular flexibility index (Phi) is 5.06. The smallest absolute Gasteiger partial charge is 0.266 e. The molecule has 1 fully saturated rings. The zero-order valence-corrected chi connectivity index (χ0v) is 16.0. The largest absolute Gasteiger partial charge is 0.457 e. The fourth-order valence-electron chi connectivity index (χ4n) is 2.32. The van der Waals surface area contributed by atoms with Crippen LogP contribution in [0.1, 0.15) is 19.6 Å². The lowest BCUT2D eigenvalue weighted by molar-refractivity contribution is -0.123. The van der Waals surface area contributed by atoms with E-state index in [2.05, 4.69) is 0 Å². The number of hydrogen-bond acceptors (Lipinski definition) is 4. The summed E-state index contributed by atoms with van der Waals surface area (Å²) < 4.78 is 6.36. The van der Waals surface area contributed by atoms with E-state index in [9.17, 15) is 4.79 Å². The van der Waals surface area contributed by atoms with Crippen molar-refractivity contribution < 1.29 is 9.21 Å². The maximum atomic E-state index is 12.4. The zero-order valence-electron chi connectivity index (χ0n) is 12.9. The van der Waals surface area contributed by atoms with Crippen molar-refractivity contribution in [1.29, 1.82) is 0 Å². The quantitative estimate of drug-likeness (QED) is 0.479. The first kappa shape index (κ1) is 17.5. The Morgan fingerprint density at radius 1 is 1.25 bits per heavy atom. The fourth-order valence-corrected chi connectivity index (χ4v) is 4.20. The average Bonchev–Trinajstić information content (AvgIpc) is 3.07. The van der Waals surface area contributed by atoms with Gasteiger partial charge in [-0.1, -0.05) is 47.2 Å². The van der Waals surface area contributed by atoms with Gasteiger partial charge >= 0.3 is 0 Å². The second kappa shape index (κ2) is 6.92. The van der Waals surface area contributed by atoms with Crippen LogP contribution in [-0.2, 0) is 4.79 Å². The molecule has 2 aromatic rings. The van der Waals surface area contributed by atoms with Crippen LogP contribution < -0.4 is 0 Å². The molecular formula is C17H13Cl2NO2S2. The third-order valence-electron chi connectivity index (χ3n) is 3.43. The minimum absolute atomic E-state index is 0.0285. The molecule has 0 spiro atoms. The van der Waals surface area contributed by atoms with Crippen molar-refractivity contribution >= 4 is 63.5 Å². The Hall–Kier alpha value is -1.27. The first-order chi connectivity index (χ1) is 11.4. The fraction of sp³-hybridized carbons (Fsp3) is 0.176. The van der Waals surface area contributed by atoms with Crippen LogP contribution in [-0.4, -0.2) is 21.2 Å². The lowest BCUT2D eigenvalue weighted by atomic mass is 10.2. The Morgan fingerprint density at radius 3 is 2.67 bits per heavy atom. The van der Waals surface area contributed by atoms with Gasteiger partial charge in [0, 0.05) is 22.7 Å². The molecule has 0 bridgehead atoms. The number of nitrogens with zero attached hydrogens (tertiary/aromatic N) is 1. The van der Waals surface area contributed by atoms with Gasteiger partial charge in [-0.2, -0.15) is 0 Å². The maximum absolute atomic E-state index is 12.4. The van der Waals surface area contributed by atoms with Crippen molar-refractivity contribution in [3.05, 3.63) is 51.0 Å². The monoisotopic (exact) mass is 397 g/mol. The molecule has 1 aromatic carbocycles. The molecule has 124 valence electrons. The Labute approximate surface area is 159 Å². The molecule has 3 rings (SSSR count). The van der Waals surface area contributed by atoms with Crippen molar-refractivity contribution in [2.75, 3.05) is 0 Å². The zero-order chi connectivity index (χ0) is 17.4. The van der Waals surface area contributed by atoms with Crippen LogP contribution >= 0.6 is 47.2 Å². The predicted molar refractivity (Wildman–Crippen MR) is 104 cm³/mol. The topological polar surface area (TPSA) is 33.5 Å². The number of thioether (sulfide) groups is 1. The van der Waals surface area contributed by atoms with E-state index in [1.807, 2.05) is 13.8 Å². The predicted octanol–water partition coefficient (Wildman–Crippen LogP) is 5.86. The summed E-state index contributed by atoms with van der Waals surface area (Å²) in [5, 5.41) is 1.12. The number of halogens is 2. The molecule has 1 aliphatic heterocycles. The van der Waals surface area contributed by atoms with E-state index in [4.69, 9.17) is 39.8 Å². The van der Waals surface area contributed by atoms with E-state index in [0.717, 1.165) is 0 Å². The molecular weight excluding hydrogens is 385 g/mol. The number of thiocarbonyl (C=S) groups is 1. The van der Waals surface area contributed by atoms with Crippen LogP contribution in [0.4, 0.5) is 0 Å². The third kappa shape index (κ3) is 3.40. The summed E-state index contributed by atoms with van der Waals surface area (Å²) in [6, 6.07) is 8.79. The minimum atomic E-state index is -0.0984. The van der Waals surface area contributed by atoms with Gasteiger partial charge in [0.05, 0.1) is 9.93 Å². The third-order valence-corrected chi connectivity index (χ3v) is 5.33. The molecule has 0 saturated carbocycles. The summed E-state index contributed by atoms with van der Waals surface area (Å²) in [7, 11) is 0. The lowest BCUT2D eigenvalue weighted by Crippen LogP contribution is -2.34. The number of rotatable bonds is 3. The highest BCUT2D eigenvalue weighted by Crippen LogP contribution is 2.36. The van der Waals surface area contributed by atoms with Crippen molar-refractivity contribution in [1.82, 2.24) is 4.90 Å². The molecule has 1 amide bonds. The highest BCUT2D eigenvalue weighted by molar-refractivity contribution is 8.26. The van der Waals surface area contributed by atoms with Crippen LogP contribution in [0.2, 0.25) is 10.0 Å². The molecule has 0 N–H and O–H groups in total. The van der Waals surface area contributed by atoms with Crippen molar-refractivity contribution in [3.8, 4) is 11.3 Å². The summed E-state index contributed by atoms with van der Waals surface area (Å²) in [5.74, 6) is 1.05. The molecule has 7 heteroatoms. The average molecular weight is 398 g/mol. The van der Waals surface area contributed by atoms with Gasteiger partial charge in [0.25, 0.3) is 5.91 Å². The SMILES string of the molecule is CC(C)N1C(=O)C(=Cc2ccc(-c3cc(Cl)ccc3Cl)o2)SC1=S. The standard InChI is InChI=1S/C17H13Cl2NO2S2/c1-9(2)20-16(21)15(24-17(20)23)8-11-4-6-14(22-11)12-7-10(18)3-5-13(12)19/h3-9H,1-2H3. The van der Waals surface area contributed by atoms with Crippen molar-refractivity contribution in [2.24, 2.45) is 0 Å². The second-order valence-corrected chi connectivity index (χ2v) is 7.99. The summed E-state index contributed by atoms with van der Waals surface area (Å²) >= 11 is 18.7. The molecule has 24 heavy (non-hydrogen) atoms. The number of carbonyl (C=O) groups is 1. The van der Waals surface area contributed by atoms with E-state index in [0.29, 0.717) is 36.4 Å². The number of amides is 1. The van der Waals surface area contributed by atoms with Crippen LogP contribution in [0.25, 0.3) is 17.4 Å². The number of furan rings is 1. The lowest BCUT2D eigenvalue weighted by Gasteiger charge is -2.18. The number of carbonyl (C=O) groups excluding carboxylic acids is 1. The summed E-state index contributed by atoms with van der Waals surface area (Å²) in [6.07, 6.45) is 1.70. The van der Waals surface area contributed by atoms with E-state index in [1.165, 1.54) is 11.8 Å². The highest BCUT2D eigenvalue weighted by atomic mass is 35.5. The molecule has 1 aliphatic rings. The first-order valence-electron chi connectivity index (χ1n) is 7.19. The summed E-state index contributed by atoms with van der Waals surface area (Å²) in [5.41, 5.74) is 0.707. The van der Waals surface area contributed by atoms with Gasteiger partial charge in [-0.05, 0) is 44.2 Å². The van der Waals surface area contributed by atoms with Gasteiger partial charge in [0.15, 0.2) is 0 Å². The van der Waals surface area contributed by atoms with Gasteiger partial charge in [0.1, 0.15) is 15.8 Å². The van der Waals surface area contributed by atoms with Crippen molar-refractivity contribution in [3.63, 3.8) is 0 Å². The Morgan fingerprint density at radius 2 is 2.00 bits per heavy atom. The van der Waals surface area contributed by atoms with E-state index >= 15 is 0 Å². The second-order valence-electron chi connectivity index (χ2n) is 5.47. The maximum Gasteiger partial charge on any atom is 0.266 e. The molecule has 2 heterocycles. The van der Waals surface area contributed by atoms with Gasteiger partial charge in [-0.25, -0.2) is 0 Å². The molecule has 0 radical (unpaired) electrons. The van der Waals surface area contributed by atoms with Crippen LogP contribution in [0.3, 0.4) is 0 Å². The van der Waals surface area contributed by atoms with E-state index in [1.54, 1.807) is 41.3 Å². The Bertz CT molecular complexity index is 858.